The molecule has 0 unspecified atom stereocenters. The van der Waals surface area contributed by atoms with E-state index in [4.69, 9.17) is 47.0 Å². The van der Waals surface area contributed by atoms with Crippen LogP contribution in [0.5, 0.6) is 0 Å². The van der Waals surface area contributed by atoms with E-state index >= 15 is 0 Å². The number of hydrogen-bond donors (Lipinski definition) is 2. The lowest BCUT2D eigenvalue weighted by atomic mass is 9.83. The number of carbonyl (C=O) groups is 1. The normalized spacial score (nSPS) is 20.8. The minimum atomic E-state index is -1.83. The van der Waals surface area contributed by atoms with Crippen molar-refractivity contribution in [2.24, 2.45) is 5.92 Å². The number of thiocarbonyl (C=S) groups is 1. The van der Waals surface area contributed by atoms with Crippen LogP contribution >= 0.6 is 47.0 Å². The smallest absolute Gasteiger partial charge is 0.253 e. The lowest BCUT2D eigenvalue weighted by Gasteiger charge is -2.44. The molecule has 1 saturated heterocycles. The summed E-state index contributed by atoms with van der Waals surface area (Å²) in [5.74, 6) is 0.108. The van der Waals surface area contributed by atoms with Crippen LogP contribution < -0.4 is 16.2 Å². The summed E-state index contributed by atoms with van der Waals surface area (Å²) in [6, 6.07) is 12.6. The highest BCUT2D eigenvalue weighted by Gasteiger charge is 2.39. The summed E-state index contributed by atoms with van der Waals surface area (Å²) < 4.78 is 0.0349. The Morgan fingerprint density at radius 1 is 1.09 bits per heavy atom. The fourth-order valence-corrected chi connectivity index (χ4v) is 5.11. The van der Waals surface area contributed by atoms with Gasteiger partial charge in [-0.1, -0.05) is 59.1 Å². The summed E-state index contributed by atoms with van der Waals surface area (Å²) in [5, 5.41) is 6.18. The monoisotopic (exact) mass is 512 g/mol. The molecule has 2 aliphatic rings. The van der Waals surface area contributed by atoms with Crippen molar-refractivity contribution in [3.8, 4) is 0 Å². The second-order valence-corrected chi connectivity index (χ2v) is 11.1. The van der Waals surface area contributed by atoms with E-state index in [9.17, 15) is 9.59 Å². The zero-order valence-corrected chi connectivity index (χ0v) is 20.4. The molecule has 1 fully saturated rings. The van der Waals surface area contributed by atoms with E-state index in [1.54, 1.807) is 24.3 Å². The number of halogens is 3. The SMILES string of the molecule is Cc1ccccc1C(=O)N[C@@H](NC(=S)N1C[C@H]2C[C@H](C1)c1cccc(=O)n1C2)C(Cl)(Cl)Cl. The standard InChI is InChI=1S/C22H23Cl3N4O2S/c1-13-5-2-3-6-16(13)19(31)26-20(22(23,24)25)27-21(32)28-10-14-9-15(12-28)17-7-4-8-18(30)29(17)11-14/h2-8,14-15,20H,9-12H2,1H3,(H,26,31)(H,27,32)/t14-,15-,20+/m1/s1. The van der Waals surface area contributed by atoms with Gasteiger partial charge in [-0.2, -0.15) is 0 Å². The first kappa shape index (κ1) is 23.4. The molecule has 3 atom stereocenters. The molecule has 10 heteroatoms. The number of nitrogens with one attached hydrogen (secondary N) is 2. The summed E-state index contributed by atoms with van der Waals surface area (Å²) in [6.45, 7) is 3.82. The molecule has 1 aromatic carbocycles. The highest BCUT2D eigenvalue weighted by Crippen LogP contribution is 2.35. The van der Waals surface area contributed by atoms with E-state index in [1.165, 1.54) is 0 Å². The average molecular weight is 514 g/mol. The molecule has 0 spiro atoms. The molecule has 2 aliphatic heterocycles. The molecule has 0 radical (unpaired) electrons. The number of nitrogens with zero attached hydrogens (tertiary/aromatic N) is 2. The molecule has 0 aliphatic carbocycles. The van der Waals surface area contributed by atoms with Crippen LogP contribution in [0.4, 0.5) is 0 Å². The largest absolute Gasteiger partial charge is 0.348 e. The number of fused-ring (bicyclic) bond motifs is 4. The number of aryl methyl sites for hydroxylation is 1. The maximum absolute atomic E-state index is 12.8. The van der Waals surface area contributed by atoms with Crippen LogP contribution in [-0.4, -0.2) is 43.5 Å². The second kappa shape index (κ2) is 9.21. The number of alkyl halides is 3. The molecule has 6 nitrogen and oxygen atoms in total. The third-order valence-electron chi connectivity index (χ3n) is 6.03. The van der Waals surface area contributed by atoms with Crippen molar-refractivity contribution in [2.45, 2.75) is 35.8 Å². The molecular formula is C22H23Cl3N4O2S. The van der Waals surface area contributed by atoms with Crippen molar-refractivity contribution < 1.29 is 4.79 Å². The van der Waals surface area contributed by atoms with Gasteiger partial charge in [0.15, 0.2) is 5.11 Å². The minimum Gasteiger partial charge on any atom is -0.348 e. The number of piperidine rings is 1. The summed E-state index contributed by atoms with van der Waals surface area (Å²) in [5.41, 5.74) is 2.36. The summed E-state index contributed by atoms with van der Waals surface area (Å²) in [6.07, 6.45) is -0.0238. The zero-order chi connectivity index (χ0) is 23.0. The Morgan fingerprint density at radius 3 is 2.56 bits per heavy atom. The van der Waals surface area contributed by atoms with Crippen LogP contribution in [0.25, 0.3) is 0 Å². The minimum absolute atomic E-state index is 0.0292. The molecule has 3 heterocycles. The van der Waals surface area contributed by atoms with Crippen molar-refractivity contribution in [3.63, 3.8) is 0 Å². The van der Waals surface area contributed by atoms with Gasteiger partial charge in [0.2, 0.25) is 3.79 Å². The van der Waals surface area contributed by atoms with Gasteiger partial charge < -0.3 is 20.1 Å². The van der Waals surface area contributed by atoms with Gasteiger partial charge in [-0.3, -0.25) is 9.59 Å². The van der Waals surface area contributed by atoms with Gasteiger partial charge in [0.05, 0.1) is 0 Å². The number of likely N-dealkylation sites (tertiary alicyclic amines) is 1. The summed E-state index contributed by atoms with van der Waals surface area (Å²) in [4.78, 5) is 27.1. The van der Waals surface area contributed by atoms with Crippen molar-refractivity contribution >= 4 is 58.0 Å². The van der Waals surface area contributed by atoms with Gasteiger partial charge in [0.25, 0.3) is 11.5 Å². The van der Waals surface area contributed by atoms with Crippen molar-refractivity contribution in [2.75, 3.05) is 13.1 Å². The molecule has 2 N–H and O–H groups in total. The highest BCUT2D eigenvalue weighted by atomic mass is 35.6. The van der Waals surface area contributed by atoms with Crippen LogP contribution in [0.2, 0.25) is 0 Å². The molecule has 0 saturated carbocycles. The maximum atomic E-state index is 12.8. The number of amides is 1. The first-order valence-electron chi connectivity index (χ1n) is 10.3. The molecular weight excluding hydrogens is 491 g/mol. The Labute approximate surface area is 206 Å². The molecule has 1 amide bonds. The lowest BCUT2D eigenvalue weighted by molar-refractivity contribution is 0.0932. The van der Waals surface area contributed by atoms with Gasteiger partial charge in [0.1, 0.15) is 6.17 Å². The summed E-state index contributed by atoms with van der Waals surface area (Å²) >= 11 is 24.1. The van der Waals surface area contributed by atoms with Crippen LogP contribution in [0.3, 0.4) is 0 Å². The maximum Gasteiger partial charge on any atom is 0.253 e. The van der Waals surface area contributed by atoms with Crippen molar-refractivity contribution in [1.29, 1.82) is 0 Å². The Bertz CT molecular complexity index is 1100. The first-order chi connectivity index (χ1) is 15.1. The molecule has 4 rings (SSSR count). The van der Waals surface area contributed by atoms with Crippen LogP contribution in [0.1, 0.15) is 34.0 Å². The number of aromatic nitrogens is 1. The van der Waals surface area contributed by atoms with E-state index in [0.29, 0.717) is 30.3 Å². The zero-order valence-electron chi connectivity index (χ0n) is 17.4. The second-order valence-electron chi connectivity index (χ2n) is 8.32. The predicted molar refractivity (Wildman–Crippen MR) is 132 cm³/mol. The van der Waals surface area contributed by atoms with Crippen molar-refractivity contribution in [1.82, 2.24) is 20.1 Å². The lowest BCUT2D eigenvalue weighted by Crippen LogP contribution is -2.60. The van der Waals surface area contributed by atoms with Crippen LogP contribution in [0.15, 0.2) is 47.3 Å². The Balaban J connectivity index is 1.48. The third kappa shape index (κ3) is 4.91. The number of rotatable bonds is 3. The quantitative estimate of drug-likeness (QED) is 0.373. The van der Waals surface area contributed by atoms with E-state index < -0.39 is 9.96 Å². The average Bonchev–Trinajstić information content (AvgIpc) is 2.73. The number of benzene rings is 1. The molecule has 1 aromatic heterocycles. The van der Waals surface area contributed by atoms with E-state index in [0.717, 1.165) is 17.7 Å². The first-order valence-corrected chi connectivity index (χ1v) is 11.9. The predicted octanol–water partition coefficient (Wildman–Crippen LogP) is 3.58. The highest BCUT2D eigenvalue weighted by molar-refractivity contribution is 7.80. The third-order valence-corrected chi connectivity index (χ3v) is 7.06. The van der Waals surface area contributed by atoms with E-state index in [2.05, 4.69) is 10.6 Å². The van der Waals surface area contributed by atoms with Gasteiger partial charge in [-0.05, 0) is 49.2 Å². The molecule has 32 heavy (non-hydrogen) atoms. The summed E-state index contributed by atoms with van der Waals surface area (Å²) in [7, 11) is 0. The topological polar surface area (TPSA) is 66.4 Å². The molecule has 2 bridgehead atoms. The number of carbonyl (C=O) groups excluding carboxylic acids is 1. The van der Waals surface area contributed by atoms with Crippen LogP contribution in [0, 0.1) is 12.8 Å². The number of pyridine rings is 1. The fraction of sp³-hybridized carbons (Fsp3) is 0.409. The van der Waals surface area contributed by atoms with Gasteiger partial charge in [0, 0.05) is 42.9 Å². The van der Waals surface area contributed by atoms with E-state index in [1.807, 2.05) is 34.6 Å². The molecule has 2 aromatic rings. The Morgan fingerprint density at radius 2 is 1.84 bits per heavy atom. The molecule has 170 valence electrons. The van der Waals surface area contributed by atoms with E-state index in [-0.39, 0.29) is 23.3 Å². The van der Waals surface area contributed by atoms with Gasteiger partial charge in [-0.15, -0.1) is 0 Å². The fourth-order valence-electron chi connectivity index (χ4n) is 4.51. The Hall–Kier alpha value is -1.80. The van der Waals surface area contributed by atoms with Crippen molar-refractivity contribution in [3.05, 3.63) is 69.6 Å². The van der Waals surface area contributed by atoms with Gasteiger partial charge >= 0.3 is 0 Å². The van der Waals surface area contributed by atoms with Crippen LogP contribution in [-0.2, 0) is 6.54 Å². The van der Waals surface area contributed by atoms with Gasteiger partial charge in [-0.25, -0.2) is 0 Å². The Kier molecular flexibility index (Phi) is 6.73. The number of hydrogen-bond acceptors (Lipinski definition) is 3.